The molecule has 130 valence electrons. The van der Waals surface area contributed by atoms with E-state index in [1.807, 2.05) is 24.3 Å². The lowest BCUT2D eigenvalue weighted by atomic mass is 9.94. The van der Waals surface area contributed by atoms with Gasteiger partial charge in [0.2, 0.25) is 0 Å². The molecule has 4 nitrogen and oxygen atoms in total. The fraction of sp³-hybridized carbons (Fsp3) is 0.300. The number of halogens is 1. The number of hydrogen-bond donors (Lipinski definition) is 2. The Bertz CT molecular complexity index is 765. The zero-order valence-electron chi connectivity index (χ0n) is 14.8. The van der Waals surface area contributed by atoms with E-state index in [4.69, 9.17) is 5.26 Å². The van der Waals surface area contributed by atoms with Crippen LogP contribution in [0, 0.1) is 17.1 Å². The second kappa shape index (κ2) is 8.84. The summed E-state index contributed by atoms with van der Waals surface area (Å²) in [6, 6.07) is 16.7. The summed E-state index contributed by atoms with van der Waals surface area (Å²) in [6.07, 6.45) is 0. The van der Waals surface area contributed by atoms with E-state index < -0.39 is 0 Å². The van der Waals surface area contributed by atoms with Crippen LogP contribution in [-0.2, 0) is 6.54 Å². The molecule has 2 aromatic rings. The zero-order chi connectivity index (χ0) is 18.2. The summed E-state index contributed by atoms with van der Waals surface area (Å²) in [4.78, 5) is 4.20. The van der Waals surface area contributed by atoms with Crippen molar-refractivity contribution in [2.24, 2.45) is 4.99 Å². The Labute approximate surface area is 148 Å². The molecule has 5 heteroatoms. The summed E-state index contributed by atoms with van der Waals surface area (Å²) in [7, 11) is 1.68. The predicted octanol–water partition coefficient (Wildman–Crippen LogP) is 3.55. The maximum atomic E-state index is 13.9. The van der Waals surface area contributed by atoms with Gasteiger partial charge >= 0.3 is 0 Å². The number of nitrogens with zero attached hydrogens (tertiary/aromatic N) is 2. The highest BCUT2D eigenvalue weighted by Crippen LogP contribution is 2.18. The first kappa shape index (κ1) is 18.5. The van der Waals surface area contributed by atoms with Crippen LogP contribution < -0.4 is 10.6 Å². The first-order valence-electron chi connectivity index (χ1n) is 8.25. The molecule has 0 radical (unpaired) electrons. The fourth-order valence-corrected chi connectivity index (χ4v) is 2.54. The maximum absolute atomic E-state index is 13.9. The molecule has 0 bridgehead atoms. The van der Waals surface area contributed by atoms with Crippen molar-refractivity contribution in [2.45, 2.75) is 32.4 Å². The molecule has 0 spiro atoms. The minimum atomic E-state index is -0.340. The molecular formula is C20H23FN4. The zero-order valence-corrected chi connectivity index (χ0v) is 14.8. The molecule has 2 aromatic carbocycles. The lowest BCUT2D eigenvalue weighted by Gasteiger charge is -2.24. The minimum Gasteiger partial charge on any atom is -0.353 e. The van der Waals surface area contributed by atoms with Crippen LogP contribution in [0.2, 0.25) is 0 Å². The molecule has 0 aromatic heterocycles. The Morgan fingerprint density at radius 1 is 1.20 bits per heavy atom. The summed E-state index contributed by atoms with van der Waals surface area (Å²) < 4.78 is 13.9. The Balaban J connectivity index is 1.98. The molecule has 0 heterocycles. The van der Waals surface area contributed by atoms with Gasteiger partial charge in [-0.05, 0) is 30.7 Å². The molecule has 0 fully saturated rings. The smallest absolute Gasteiger partial charge is 0.191 e. The first-order chi connectivity index (χ1) is 12.0. The second-order valence-corrected chi connectivity index (χ2v) is 5.98. The Hall–Kier alpha value is -2.87. The predicted molar refractivity (Wildman–Crippen MR) is 98.8 cm³/mol. The number of nitrogens with one attached hydrogen (secondary N) is 2. The van der Waals surface area contributed by atoms with Crippen molar-refractivity contribution < 1.29 is 4.39 Å². The molecule has 0 saturated heterocycles. The van der Waals surface area contributed by atoms with Gasteiger partial charge in [-0.25, -0.2) is 4.39 Å². The number of rotatable bonds is 5. The summed E-state index contributed by atoms with van der Waals surface area (Å²) in [6.45, 7) is 4.49. The normalized spacial score (nSPS) is 13.6. The van der Waals surface area contributed by atoms with Crippen LogP contribution in [-0.4, -0.2) is 19.0 Å². The second-order valence-electron chi connectivity index (χ2n) is 5.98. The summed E-state index contributed by atoms with van der Waals surface area (Å²) >= 11 is 0. The largest absolute Gasteiger partial charge is 0.353 e. The molecule has 0 saturated carbocycles. The molecule has 25 heavy (non-hydrogen) atoms. The van der Waals surface area contributed by atoms with Crippen LogP contribution in [0.1, 0.15) is 36.5 Å². The van der Waals surface area contributed by atoms with E-state index >= 15 is 0 Å². The molecule has 0 aliphatic rings. The van der Waals surface area contributed by atoms with Gasteiger partial charge < -0.3 is 10.6 Å². The number of guanidine groups is 1. The summed E-state index contributed by atoms with van der Waals surface area (Å²) in [5.41, 5.74) is 2.11. The van der Waals surface area contributed by atoms with Gasteiger partial charge in [0.25, 0.3) is 0 Å². The third kappa shape index (κ3) is 5.05. The van der Waals surface area contributed by atoms with Crippen LogP contribution in [0.3, 0.4) is 0 Å². The lowest BCUT2D eigenvalue weighted by Crippen LogP contribution is -2.43. The van der Waals surface area contributed by atoms with Crippen LogP contribution in [0.25, 0.3) is 0 Å². The Morgan fingerprint density at radius 3 is 2.56 bits per heavy atom. The molecule has 0 amide bonds. The molecule has 2 rings (SSSR count). The minimum absolute atomic E-state index is 0.142. The Kier molecular flexibility index (Phi) is 6.53. The number of hydrogen-bond acceptors (Lipinski definition) is 2. The molecule has 2 N–H and O–H groups in total. The van der Waals surface area contributed by atoms with Crippen LogP contribution >= 0.6 is 0 Å². The Morgan fingerprint density at radius 2 is 1.92 bits per heavy atom. The van der Waals surface area contributed by atoms with Crippen LogP contribution in [0.4, 0.5) is 4.39 Å². The van der Waals surface area contributed by atoms with Gasteiger partial charge in [0, 0.05) is 31.1 Å². The highest BCUT2D eigenvalue weighted by molar-refractivity contribution is 5.80. The third-order valence-electron chi connectivity index (χ3n) is 4.28. The van der Waals surface area contributed by atoms with Crippen molar-refractivity contribution >= 4 is 5.96 Å². The van der Waals surface area contributed by atoms with Crippen molar-refractivity contribution in [2.75, 3.05) is 7.05 Å². The summed E-state index contributed by atoms with van der Waals surface area (Å²) in [5.74, 6) is 0.545. The van der Waals surface area contributed by atoms with Crippen molar-refractivity contribution in [3.63, 3.8) is 0 Å². The van der Waals surface area contributed by atoms with Crippen molar-refractivity contribution in [3.05, 3.63) is 71.0 Å². The SMILES string of the molecule is CN=C(NCc1cc(C#N)ccc1F)NC(C)C(C)c1ccccc1. The van der Waals surface area contributed by atoms with Gasteiger partial charge in [-0.15, -0.1) is 0 Å². The maximum Gasteiger partial charge on any atom is 0.191 e. The van der Waals surface area contributed by atoms with E-state index in [2.05, 4.69) is 41.6 Å². The molecule has 2 atom stereocenters. The molecule has 2 unspecified atom stereocenters. The monoisotopic (exact) mass is 338 g/mol. The molecular weight excluding hydrogens is 315 g/mol. The standard InChI is InChI=1S/C20H23FN4/c1-14(17-7-5-4-6-8-17)15(2)25-20(23-3)24-13-18-11-16(12-22)9-10-19(18)21/h4-11,14-15H,13H2,1-3H3,(H2,23,24,25). The first-order valence-corrected chi connectivity index (χ1v) is 8.25. The highest BCUT2D eigenvalue weighted by Gasteiger charge is 2.15. The van der Waals surface area contributed by atoms with Gasteiger partial charge in [-0.3, -0.25) is 4.99 Å². The number of nitriles is 1. The number of aliphatic imine (C=N–C) groups is 1. The van der Waals surface area contributed by atoms with Gasteiger partial charge in [0.05, 0.1) is 11.6 Å². The third-order valence-corrected chi connectivity index (χ3v) is 4.28. The van der Waals surface area contributed by atoms with Gasteiger partial charge in [-0.1, -0.05) is 37.3 Å². The average Bonchev–Trinajstić information content (AvgIpc) is 2.66. The van der Waals surface area contributed by atoms with Gasteiger partial charge in [0.15, 0.2) is 5.96 Å². The topological polar surface area (TPSA) is 60.2 Å². The van der Waals surface area contributed by atoms with E-state index in [-0.39, 0.29) is 18.4 Å². The van der Waals surface area contributed by atoms with Gasteiger partial charge in [-0.2, -0.15) is 5.26 Å². The average molecular weight is 338 g/mol. The van der Waals surface area contributed by atoms with Crippen molar-refractivity contribution in [3.8, 4) is 6.07 Å². The van der Waals surface area contributed by atoms with Crippen LogP contribution in [0.15, 0.2) is 53.5 Å². The molecule has 0 aliphatic heterocycles. The lowest BCUT2D eigenvalue weighted by molar-refractivity contribution is 0.548. The van der Waals surface area contributed by atoms with Crippen LogP contribution in [0.5, 0.6) is 0 Å². The van der Waals surface area contributed by atoms with Crippen molar-refractivity contribution in [1.29, 1.82) is 5.26 Å². The van der Waals surface area contributed by atoms with E-state index in [0.717, 1.165) is 0 Å². The van der Waals surface area contributed by atoms with E-state index in [9.17, 15) is 4.39 Å². The molecule has 0 aliphatic carbocycles. The van der Waals surface area contributed by atoms with Crippen molar-refractivity contribution in [1.82, 2.24) is 10.6 Å². The van der Waals surface area contributed by atoms with E-state index in [0.29, 0.717) is 23.0 Å². The van der Waals surface area contributed by atoms with E-state index in [1.165, 1.54) is 17.7 Å². The quantitative estimate of drug-likeness (QED) is 0.647. The fourth-order valence-electron chi connectivity index (χ4n) is 2.54. The highest BCUT2D eigenvalue weighted by atomic mass is 19.1. The van der Waals surface area contributed by atoms with Gasteiger partial charge in [0.1, 0.15) is 5.82 Å². The number of benzene rings is 2. The summed E-state index contributed by atoms with van der Waals surface area (Å²) in [5, 5.41) is 15.4. The van der Waals surface area contributed by atoms with E-state index in [1.54, 1.807) is 13.1 Å².